The Labute approximate surface area is 109 Å². The quantitative estimate of drug-likeness (QED) is 0.740. The average molecular weight is 244 g/mol. The van der Waals surface area contributed by atoms with Crippen molar-refractivity contribution in [2.24, 2.45) is 0 Å². The molecule has 0 radical (unpaired) electrons. The van der Waals surface area contributed by atoms with Gasteiger partial charge in [0.05, 0.1) is 11.6 Å². The van der Waals surface area contributed by atoms with Crippen molar-refractivity contribution in [2.75, 3.05) is 13.6 Å². The van der Waals surface area contributed by atoms with Gasteiger partial charge in [-0.1, -0.05) is 19.1 Å². The van der Waals surface area contributed by atoms with Crippen LogP contribution in [0, 0.1) is 11.3 Å². The summed E-state index contributed by atoms with van der Waals surface area (Å²) in [5.41, 5.74) is 1.83. The van der Waals surface area contributed by atoms with Gasteiger partial charge in [-0.05, 0) is 37.7 Å². The van der Waals surface area contributed by atoms with Crippen LogP contribution in [0.2, 0.25) is 0 Å². The van der Waals surface area contributed by atoms with E-state index in [4.69, 9.17) is 5.26 Å². The third-order valence-electron chi connectivity index (χ3n) is 2.90. The van der Waals surface area contributed by atoms with Crippen LogP contribution in [0.1, 0.15) is 37.3 Å². The lowest BCUT2D eigenvalue weighted by atomic mass is 10.1. The molecule has 0 aromatic heterocycles. The zero-order valence-corrected chi connectivity index (χ0v) is 11.1. The van der Waals surface area contributed by atoms with Gasteiger partial charge in [-0.25, -0.2) is 0 Å². The average Bonchev–Trinajstić information content (AvgIpc) is 2.38. The predicted molar refractivity (Wildman–Crippen MR) is 72.0 cm³/mol. The Bertz CT molecular complexity index is 434. The van der Waals surface area contributed by atoms with Crippen molar-refractivity contribution < 1.29 is 4.79 Å². The molecule has 0 unspecified atom stereocenters. The third kappa shape index (κ3) is 5.11. The smallest absolute Gasteiger partial charge is 0.132 e. The van der Waals surface area contributed by atoms with E-state index in [-0.39, 0.29) is 0 Å². The molecule has 1 aromatic carbocycles. The van der Waals surface area contributed by atoms with Crippen LogP contribution in [0.3, 0.4) is 0 Å². The number of Topliss-reactive ketones (excluding diaryl/α,β-unsaturated/α-hetero) is 1. The molecule has 0 bridgehead atoms. The molecule has 1 rings (SSSR count). The second-order valence-electron chi connectivity index (χ2n) is 4.55. The fourth-order valence-corrected chi connectivity index (χ4v) is 1.85. The summed E-state index contributed by atoms with van der Waals surface area (Å²) in [6.45, 7) is 3.62. The van der Waals surface area contributed by atoms with E-state index in [0.29, 0.717) is 24.2 Å². The summed E-state index contributed by atoms with van der Waals surface area (Å²) in [6.07, 6.45) is 2.20. The van der Waals surface area contributed by atoms with Crippen LogP contribution in [0.5, 0.6) is 0 Å². The Hall–Kier alpha value is -1.66. The fraction of sp³-hybridized carbons (Fsp3) is 0.467. The molecule has 0 aliphatic heterocycles. The first kappa shape index (κ1) is 14.4. The number of nitrogens with zero attached hydrogens (tertiary/aromatic N) is 2. The van der Waals surface area contributed by atoms with Crippen molar-refractivity contribution in [2.45, 2.75) is 32.7 Å². The summed E-state index contributed by atoms with van der Waals surface area (Å²) < 4.78 is 0. The molecule has 0 spiro atoms. The number of ketones is 1. The van der Waals surface area contributed by atoms with Crippen molar-refractivity contribution in [3.63, 3.8) is 0 Å². The minimum Gasteiger partial charge on any atom is -0.302 e. The molecule has 18 heavy (non-hydrogen) atoms. The Morgan fingerprint density at radius 1 is 1.44 bits per heavy atom. The van der Waals surface area contributed by atoms with Gasteiger partial charge in [0.15, 0.2) is 0 Å². The zero-order valence-electron chi connectivity index (χ0n) is 11.1. The molecule has 3 nitrogen and oxygen atoms in total. The van der Waals surface area contributed by atoms with Gasteiger partial charge in [0.1, 0.15) is 5.78 Å². The molecule has 0 saturated heterocycles. The Morgan fingerprint density at radius 3 is 2.89 bits per heavy atom. The Kier molecular flexibility index (Phi) is 6.10. The molecule has 0 aliphatic rings. The number of rotatable bonds is 7. The van der Waals surface area contributed by atoms with Crippen LogP contribution in [0.15, 0.2) is 24.3 Å². The number of hydrogen-bond donors (Lipinski definition) is 0. The number of nitriles is 1. The molecule has 96 valence electrons. The van der Waals surface area contributed by atoms with Crippen molar-refractivity contribution in [3.05, 3.63) is 35.4 Å². The fourth-order valence-electron chi connectivity index (χ4n) is 1.85. The van der Waals surface area contributed by atoms with E-state index in [1.807, 2.05) is 38.2 Å². The van der Waals surface area contributed by atoms with E-state index in [2.05, 4.69) is 11.0 Å². The van der Waals surface area contributed by atoms with Crippen molar-refractivity contribution in [3.8, 4) is 6.07 Å². The highest BCUT2D eigenvalue weighted by Crippen LogP contribution is 2.07. The second kappa shape index (κ2) is 7.62. The molecule has 0 heterocycles. The van der Waals surface area contributed by atoms with Gasteiger partial charge in [0.25, 0.3) is 0 Å². The van der Waals surface area contributed by atoms with Crippen LogP contribution in [0.4, 0.5) is 0 Å². The predicted octanol–water partition coefficient (Wildman–Crippen LogP) is 2.75. The first-order valence-corrected chi connectivity index (χ1v) is 6.35. The Morgan fingerprint density at radius 2 is 2.22 bits per heavy atom. The molecule has 0 aliphatic carbocycles. The molecule has 1 aromatic rings. The number of benzene rings is 1. The van der Waals surface area contributed by atoms with E-state index < -0.39 is 0 Å². The largest absolute Gasteiger partial charge is 0.302 e. The second-order valence-corrected chi connectivity index (χ2v) is 4.55. The van der Waals surface area contributed by atoms with E-state index >= 15 is 0 Å². The standard InChI is InChI=1S/C15H20N2O/c1-3-15(18)8-5-9-17(2)12-14-7-4-6-13(10-14)11-16/h4,6-7,10H,3,5,8-9,12H2,1-2H3. The molecule has 0 fully saturated rings. The third-order valence-corrected chi connectivity index (χ3v) is 2.90. The highest BCUT2D eigenvalue weighted by molar-refractivity contribution is 5.77. The van der Waals surface area contributed by atoms with Crippen molar-refractivity contribution in [1.82, 2.24) is 4.90 Å². The topological polar surface area (TPSA) is 44.1 Å². The van der Waals surface area contributed by atoms with Crippen LogP contribution in [-0.2, 0) is 11.3 Å². The summed E-state index contributed by atoms with van der Waals surface area (Å²) in [5, 5.41) is 8.82. The van der Waals surface area contributed by atoms with Crippen LogP contribution >= 0.6 is 0 Å². The number of carbonyl (C=O) groups is 1. The van der Waals surface area contributed by atoms with Gasteiger partial charge in [-0.3, -0.25) is 4.79 Å². The van der Waals surface area contributed by atoms with Crippen molar-refractivity contribution >= 4 is 5.78 Å². The van der Waals surface area contributed by atoms with E-state index in [1.165, 1.54) is 0 Å². The maximum Gasteiger partial charge on any atom is 0.132 e. The summed E-state index contributed by atoms with van der Waals surface area (Å²) in [6, 6.07) is 9.79. The van der Waals surface area contributed by atoms with Crippen LogP contribution in [0.25, 0.3) is 0 Å². The van der Waals surface area contributed by atoms with E-state index in [9.17, 15) is 4.79 Å². The lowest BCUT2D eigenvalue weighted by Crippen LogP contribution is -2.19. The molecule has 0 N–H and O–H groups in total. The highest BCUT2D eigenvalue weighted by atomic mass is 16.1. The Balaban J connectivity index is 2.37. The van der Waals surface area contributed by atoms with Gasteiger partial charge >= 0.3 is 0 Å². The molecule has 0 amide bonds. The summed E-state index contributed by atoms with van der Waals surface area (Å²) in [4.78, 5) is 13.4. The minimum atomic E-state index is 0.329. The van der Waals surface area contributed by atoms with E-state index in [0.717, 1.165) is 25.1 Å². The molecule has 0 atom stereocenters. The first-order chi connectivity index (χ1) is 8.65. The molecule has 0 saturated carbocycles. The van der Waals surface area contributed by atoms with Crippen LogP contribution in [-0.4, -0.2) is 24.3 Å². The number of hydrogen-bond acceptors (Lipinski definition) is 3. The maximum absolute atomic E-state index is 11.2. The summed E-state index contributed by atoms with van der Waals surface area (Å²) >= 11 is 0. The van der Waals surface area contributed by atoms with Gasteiger partial charge in [-0.15, -0.1) is 0 Å². The lowest BCUT2D eigenvalue weighted by molar-refractivity contribution is -0.118. The zero-order chi connectivity index (χ0) is 13.4. The first-order valence-electron chi connectivity index (χ1n) is 6.35. The van der Waals surface area contributed by atoms with E-state index in [1.54, 1.807) is 0 Å². The minimum absolute atomic E-state index is 0.329. The monoisotopic (exact) mass is 244 g/mol. The maximum atomic E-state index is 11.2. The normalized spacial score (nSPS) is 10.3. The van der Waals surface area contributed by atoms with Crippen LogP contribution < -0.4 is 0 Å². The van der Waals surface area contributed by atoms with Gasteiger partial charge in [-0.2, -0.15) is 5.26 Å². The SMILES string of the molecule is CCC(=O)CCCN(C)Cc1cccc(C#N)c1. The van der Waals surface area contributed by atoms with Crippen molar-refractivity contribution in [1.29, 1.82) is 5.26 Å². The molecular formula is C15H20N2O. The molecular weight excluding hydrogens is 224 g/mol. The summed E-state index contributed by atoms with van der Waals surface area (Å²) in [5.74, 6) is 0.329. The van der Waals surface area contributed by atoms with Gasteiger partial charge in [0.2, 0.25) is 0 Å². The lowest BCUT2D eigenvalue weighted by Gasteiger charge is -2.16. The summed E-state index contributed by atoms with van der Waals surface area (Å²) in [7, 11) is 2.04. The highest BCUT2D eigenvalue weighted by Gasteiger charge is 2.03. The number of carbonyl (C=O) groups excluding carboxylic acids is 1. The van der Waals surface area contributed by atoms with Gasteiger partial charge in [0, 0.05) is 19.4 Å². The van der Waals surface area contributed by atoms with Gasteiger partial charge < -0.3 is 4.90 Å². The molecule has 3 heteroatoms.